The van der Waals surface area contributed by atoms with Gasteiger partial charge in [-0.2, -0.15) is 5.10 Å². The van der Waals surface area contributed by atoms with E-state index in [9.17, 15) is 4.79 Å². The van der Waals surface area contributed by atoms with Crippen molar-refractivity contribution in [2.24, 2.45) is 0 Å². The molecule has 0 amide bonds. The van der Waals surface area contributed by atoms with Crippen LogP contribution in [0.15, 0.2) is 18.2 Å². The topological polar surface area (TPSA) is 55.0 Å². The van der Waals surface area contributed by atoms with Gasteiger partial charge in [0.25, 0.3) is 0 Å². The van der Waals surface area contributed by atoms with Crippen LogP contribution in [0.3, 0.4) is 0 Å². The highest BCUT2D eigenvalue weighted by molar-refractivity contribution is 6.19. The van der Waals surface area contributed by atoms with Gasteiger partial charge in [-0.25, -0.2) is 4.79 Å². The molecule has 0 atom stereocenters. The molecular weight excluding hydrogens is 240 g/mol. The smallest absolute Gasteiger partial charge is 0.337 e. The molecule has 0 aliphatic rings. The Bertz CT molecular complexity index is 622. The Labute approximate surface area is 103 Å². The van der Waals surface area contributed by atoms with Gasteiger partial charge in [-0.3, -0.25) is 5.10 Å². The molecule has 5 heteroatoms. The van der Waals surface area contributed by atoms with Crippen LogP contribution in [0.5, 0.6) is 0 Å². The molecule has 0 bridgehead atoms. The van der Waals surface area contributed by atoms with Crippen LogP contribution >= 0.6 is 11.6 Å². The minimum absolute atomic E-state index is 0.265. The van der Waals surface area contributed by atoms with E-state index in [-0.39, 0.29) is 11.8 Å². The maximum absolute atomic E-state index is 11.3. The quantitative estimate of drug-likeness (QED) is 0.477. The van der Waals surface area contributed by atoms with Crippen LogP contribution in [0.4, 0.5) is 0 Å². The minimum Gasteiger partial charge on any atom is -0.465 e. The zero-order chi connectivity index (χ0) is 12.3. The van der Waals surface area contributed by atoms with Crippen molar-refractivity contribution in [2.45, 2.75) is 0 Å². The van der Waals surface area contributed by atoms with Gasteiger partial charge in [0, 0.05) is 5.39 Å². The normalized spacial score (nSPS) is 9.76. The molecule has 0 radical (unpaired) electrons. The van der Waals surface area contributed by atoms with E-state index in [0.29, 0.717) is 16.8 Å². The fraction of sp³-hybridized carbons (Fsp3) is 0.167. The standard InChI is InChI=1S/C12H9ClN2O2/c1-17-12(16)8-4-5-9-10(3-2-6-13)14-15-11(9)7-8/h4-5,7H,6H2,1H3,(H,14,15). The summed E-state index contributed by atoms with van der Waals surface area (Å²) < 4.78 is 4.63. The third kappa shape index (κ3) is 2.24. The molecule has 86 valence electrons. The molecule has 0 spiro atoms. The number of H-pyrrole nitrogens is 1. The van der Waals surface area contributed by atoms with Crippen molar-refractivity contribution in [3.05, 3.63) is 29.5 Å². The molecule has 0 aliphatic carbocycles. The molecule has 4 nitrogen and oxygen atoms in total. The van der Waals surface area contributed by atoms with Crippen molar-refractivity contribution in [1.82, 2.24) is 10.2 Å². The van der Waals surface area contributed by atoms with Crippen LogP contribution in [0, 0.1) is 11.8 Å². The van der Waals surface area contributed by atoms with Crippen LogP contribution in [0.25, 0.3) is 10.9 Å². The fourth-order valence-corrected chi connectivity index (χ4v) is 1.54. The third-order valence-electron chi connectivity index (χ3n) is 2.26. The number of nitrogens with zero attached hydrogens (tertiary/aromatic N) is 1. The third-order valence-corrected chi connectivity index (χ3v) is 2.39. The van der Waals surface area contributed by atoms with E-state index in [4.69, 9.17) is 11.6 Å². The van der Waals surface area contributed by atoms with E-state index in [1.54, 1.807) is 18.2 Å². The van der Waals surface area contributed by atoms with Gasteiger partial charge in [0.1, 0.15) is 5.69 Å². The minimum atomic E-state index is -0.386. The summed E-state index contributed by atoms with van der Waals surface area (Å²) in [5.41, 5.74) is 1.83. The second-order valence-electron chi connectivity index (χ2n) is 3.26. The average molecular weight is 249 g/mol. The summed E-state index contributed by atoms with van der Waals surface area (Å²) in [6.07, 6.45) is 0. The molecule has 1 aromatic carbocycles. The molecule has 1 aromatic heterocycles. The Balaban J connectivity index is 2.48. The lowest BCUT2D eigenvalue weighted by molar-refractivity contribution is 0.0601. The molecular formula is C12H9ClN2O2. The Hall–Kier alpha value is -1.99. The molecule has 0 fully saturated rings. The maximum atomic E-state index is 11.3. The first-order valence-corrected chi connectivity index (χ1v) is 5.41. The fourth-order valence-electron chi connectivity index (χ4n) is 1.47. The molecule has 0 saturated heterocycles. The van der Waals surface area contributed by atoms with E-state index < -0.39 is 0 Å². The molecule has 0 unspecified atom stereocenters. The van der Waals surface area contributed by atoms with Crippen LogP contribution < -0.4 is 0 Å². The zero-order valence-electron chi connectivity index (χ0n) is 9.08. The van der Waals surface area contributed by atoms with E-state index in [1.165, 1.54) is 7.11 Å². The number of aromatic nitrogens is 2. The summed E-state index contributed by atoms with van der Waals surface area (Å²) in [5, 5.41) is 7.73. The first kappa shape index (κ1) is 11.5. The number of carbonyl (C=O) groups is 1. The Morgan fingerprint density at radius 3 is 3.12 bits per heavy atom. The number of esters is 1. The monoisotopic (exact) mass is 248 g/mol. The van der Waals surface area contributed by atoms with Gasteiger partial charge < -0.3 is 4.74 Å². The maximum Gasteiger partial charge on any atom is 0.337 e. The number of fused-ring (bicyclic) bond motifs is 1. The molecule has 0 saturated carbocycles. The van der Waals surface area contributed by atoms with Crippen molar-refractivity contribution < 1.29 is 9.53 Å². The molecule has 17 heavy (non-hydrogen) atoms. The van der Waals surface area contributed by atoms with E-state index >= 15 is 0 Å². The number of carbonyl (C=O) groups excluding carboxylic acids is 1. The summed E-state index contributed by atoms with van der Waals surface area (Å²) in [6.45, 7) is 0. The van der Waals surface area contributed by atoms with E-state index in [1.807, 2.05) is 0 Å². The molecule has 1 heterocycles. The van der Waals surface area contributed by atoms with Gasteiger partial charge in [-0.05, 0) is 24.1 Å². The van der Waals surface area contributed by atoms with Gasteiger partial charge in [0.2, 0.25) is 0 Å². The molecule has 0 aliphatic heterocycles. The number of halogens is 1. The number of alkyl halides is 1. The Morgan fingerprint density at radius 2 is 2.41 bits per heavy atom. The van der Waals surface area contributed by atoms with Gasteiger partial charge in [-0.15, -0.1) is 11.6 Å². The van der Waals surface area contributed by atoms with Gasteiger partial charge in [-0.1, -0.05) is 5.92 Å². The highest BCUT2D eigenvalue weighted by atomic mass is 35.5. The largest absolute Gasteiger partial charge is 0.465 e. The van der Waals surface area contributed by atoms with Gasteiger partial charge in [0.15, 0.2) is 0 Å². The Kier molecular flexibility index (Phi) is 3.31. The predicted octanol–water partition coefficient (Wildman–Crippen LogP) is 1.94. The number of benzene rings is 1. The highest BCUT2D eigenvalue weighted by Crippen LogP contribution is 2.17. The number of hydrogen-bond donors (Lipinski definition) is 1. The van der Waals surface area contributed by atoms with Crippen LogP contribution in [-0.4, -0.2) is 29.2 Å². The lowest BCUT2D eigenvalue weighted by atomic mass is 10.1. The van der Waals surface area contributed by atoms with Crippen LogP contribution in [0.2, 0.25) is 0 Å². The number of rotatable bonds is 1. The lowest BCUT2D eigenvalue weighted by Crippen LogP contribution is -2.00. The van der Waals surface area contributed by atoms with Crippen molar-refractivity contribution in [2.75, 3.05) is 13.0 Å². The number of methoxy groups -OCH3 is 1. The number of aromatic amines is 1. The molecule has 2 aromatic rings. The number of ether oxygens (including phenoxy) is 1. The van der Waals surface area contributed by atoms with Gasteiger partial charge >= 0.3 is 5.97 Å². The molecule has 1 N–H and O–H groups in total. The predicted molar refractivity (Wildman–Crippen MR) is 65.0 cm³/mol. The second-order valence-corrected chi connectivity index (χ2v) is 3.52. The Morgan fingerprint density at radius 1 is 1.59 bits per heavy atom. The summed E-state index contributed by atoms with van der Waals surface area (Å²) in [7, 11) is 1.34. The summed E-state index contributed by atoms with van der Waals surface area (Å²) in [5.74, 6) is 5.49. The zero-order valence-corrected chi connectivity index (χ0v) is 9.84. The SMILES string of the molecule is COC(=O)c1ccc2c(C#CCCl)[nH]nc2c1. The lowest BCUT2D eigenvalue weighted by Gasteiger charge is -1.97. The summed E-state index contributed by atoms with van der Waals surface area (Å²) in [6, 6.07) is 5.11. The van der Waals surface area contributed by atoms with Crippen LogP contribution in [-0.2, 0) is 4.74 Å². The first-order chi connectivity index (χ1) is 8.26. The second kappa shape index (κ2) is 4.89. The highest BCUT2D eigenvalue weighted by Gasteiger charge is 2.09. The van der Waals surface area contributed by atoms with Crippen molar-refractivity contribution in [1.29, 1.82) is 0 Å². The van der Waals surface area contributed by atoms with E-state index in [2.05, 4.69) is 26.8 Å². The van der Waals surface area contributed by atoms with E-state index in [0.717, 1.165) is 5.39 Å². The van der Waals surface area contributed by atoms with Crippen molar-refractivity contribution in [3.8, 4) is 11.8 Å². The molecule has 2 rings (SSSR count). The van der Waals surface area contributed by atoms with Crippen molar-refractivity contribution >= 4 is 28.5 Å². The van der Waals surface area contributed by atoms with Crippen molar-refractivity contribution in [3.63, 3.8) is 0 Å². The summed E-state index contributed by atoms with van der Waals surface area (Å²) in [4.78, 5) is 11.3. The number of hydrogen-bond acceptors (Lipinski definition) is 3. The first-order valence-electron chi connectivity index (χ1n) is 4.87. The summed E-state index contributed by atoms with van der Waals surface area (Å²) >= 11 is 5.49. The average Bonchev–Trinajstić information content (AvgIpc) is 2.77. The van der Waals surface area contributed by atoms with Crippen LogP contribution in [0.1, 0.15) is 16.1 Å². The van der Waals surface area contributed by atoms with Gasteiger partial charge in [0.05, 0.1) is 24.1 Å². The number of nitrogens with one attached hydrogen (secondary N) is 1.